The van der Waals surface area contributed by atoms with Crippen molar-refractivity contribution in [3.8, 4) is 5.75 Å². The topological polar surface area (TPSA) is 26.3 Å². The minimum Gasteiger partial charge on any atom is -0.489 e. The minimum absolute atomic E-state index is 0.00734. The maximum Gasteiger partial charge on any atom is 0.170 e. The van der Waals surface area contributed by atoms with Crippen LogP contribution in [-0.4, -0.2) is 11.9 Å². The third-order valence-electron chi connectivity index (χ3n) is 3.46. The maximum absolute atomic E-state index is 12.2. The first-order valence-corrected chi connectivity index (χ1v) is 6.70. The van der Waals surface area contributed by atoms with E-state index in [2.05, 4.69) is 33.8 Å². The lowest BCUT2D eigenvalue weighted by Crippen LogP contribution is -2.27. The number of ketones is 1. The fourth-order valence-electron chi connectivity index (χ4n) is 2.40. The van der Waals surface area contributed by atoms with Gasteiger partial charge in [0.15, 0.2) is 5.78 Å². The molecule has 1 aromatic rings. The molecule has 1 aromatic carbocycles. The summed E-state index contributed by atoms with van der Waals surface area (Å²) in [6, 6.07) is 4.18. The predicted molar refractivity (Wildman–Crippen MR) is 73.6 cm³/mol. The summed E-state index contributed by atoms with van der Waals surface area (Å²) in [5.41, 5.74) is 3.13. The van der Waals surface area contributed by atoms with E-state index in [0.717, 1.165) is 23.3 Å². The quantitative estimate of drug-likeness (QED) is 0.751. The van der Waals surface area contributed by atoms with Crippen LogP contribution >= 0.6 is 0 Å². The number of ether oxygens (including phenoxy) is 1. The van der Waals surface area contributed by atoms with Gasteiger partial charge in [-0.2, -0.15) is 0 Å². The molecule has 1 aliphatic rings. The first kappa shape index (κ1) is 13.1. The summed E-state index contributed by atoms with van der Waals surface area (Å²) in [5.74, 6) is 1.02. The Morgan fingerprint density at radius 2 is 2.00 bits per heavy atom. The number of hydrogen-bond donors (Lipinski definition) is 0. The lowest BCUT2D eigenvalue weighted by atomic mass is 9.82. The number of aryl methyl sites for hydroxylation is 1. The smallest absolute Gasteiger partial charge is 0.170 e. The number of rotatable bonds is 1. The third kappa shape index (κ3) is 2.29. The van der Waals surface area contributed by atoms with E-state index in [4.69, 9.17) is 4.74 Å². The van der Waals surface area contributed by atoms with Gasteiger partial charge in [0.2, 0.25) is 0 Å². The monoisotopic (exact) mass is 246 g/mol. The highest BCUT2D eigenvalue weighted by molar-refractivity contribution is 6.00. The Balaban J connectivity index is 2.66. The average Bonchev–Trinajstić information content (AvgIpc) is 2.26. The van der Waals surface area contributed by atoms with Gasteiger partial charge in [0.25, 0.3) is 0 Å². The van der Waals surface area contributed by atoms with Gasteiger partial charge in [-0.3, -0.25) is 4.79 Å². The van der Waals surface area contributed by atoms with Gasteiger partial charge < -0.3 is 4.74 Å². The number of carbonyl (C=O) groups excluding carboxylic acids is 1. The van der Waals surface area contributed by atoms with E-state index in [-0.39, 0.29) is 17.3 Å². The summed E-state index contributed by atoms with van der Waals surface area (Å²) in [4.78, 5) is 12.2. The summed E-state index contributed by atoms with van der Waals surface area (Å²) in [5, 5.41) is 0. The molecule has 0 aliphatic carbocycles. The number of Topliss-reactive ketones (excluding diaryl/α,β-unsaturated/α-hetero) is 1. The molecule has 18 heavy (non-hydrogen) atoms. The van der Waals surface area contributed by atoms with Crippen LogP contribution in [0.5, 0.6) is 5.75 Å². The normalized spacial score (nSPS) is 19.4. The van der Waals surface area contributed by atoms with Crippen molar-refractivity contribution < 1.29 is 9.53 Å². The average molecular weight is 246 g/mol. The minimum atomic E-state index is -0.0152. The van der Waals surface area contributed by atoms with E-state index in [0.29, 0.717) is 6.42 Å². The summed E-state index contributed by atoms with van der Waals surface area (Å²) < 4.78 is 5.94. The van der Waals surface area contributed by atoms with E-state index in [1.165, 1.54) is 5.56 Å². The zero-order chi connectivity index (χ0) is 13.5. The fraction of sp³-hybridized carbons (Fsp3) is 0.562. The van der Waals surface area contributed by atoms with Crippen LogP contribution < -0.4 is 4.74 Å². The highest BCUT2D eigenvalue weighted by Crippen LogP contribution is 2.39. The van der Waals surface area contributed by atoms with Crippen LogP contribution in [0, 0.1) is 0 Å². The Labute approximate surface area is 109 Å². The number of hydrogen-bond acceptors (Lipinski definition) is 2. The van der Waals surface area contributed by atoms with Crippen LogP contribution in [0.3, 0.4) is 0 Å². The molecule has 0 spiro atoms. The van der Waals surface area contributed by atoms with Crippen molar-refractivity contribution >= 4 is 5.78 Å². The van der Waals surface area contributed by atoms with E-state index in [9.17, 15) is 4.79 Å². The molecule has 0 radical (unpaired) electrons. The molecule has 1 heterocycles. The SMILES string of the molecule is CCc1cc2c(c(C(C)(C)C)c1)OC(C)CC2=O. The van der Waals surface area contributed by atoms with Crippen molar-refractivity contribution in [2.45, 2.75) is 59.0 Å². The molecule has 0 saturated carbocycles. The van der Waals surface area contributed by atoms with Crippen LogP contribution in [0.15, 0.2) is 12.1 Å². The van der Waals surface area contributed by atoms with Crippen molar-refractivity contribution in [2.24, 2.45) is 0 Å². The molecule has 2 nitrogen and oxygen atoms in total. The zero-order valence-electron chi connectivity index (χ0n) is 12.0. The van der Waals surface area contributed by atoms with Crippen molar-refractivity contribution in [3.05, 3.63) is 28.8 Å². The molecule has 1 atom stereocenters. The molecule has 1 unspecified atom stereocenters. The van der Waals surface area contributed by atoms with Gasteiger partial charge in [-0.25, -0.2) is 0 Å². The fourth-order valence-corrected chi connectivity index (χ4v) is 2.40. The van der Waals surface area contributed by atoms with Crippen LogP contribution in [0.4, 0.5) is 0 Å². The second kappa shape index (κ2) is 4.42. The van der Waals surface area contributed by atoms with E-state index < -0.39 is 0 Å². The predicted octanol–water partition coefficient (Wildman–Crippen LogP) is 3.90. The van der Waals surface area contributed by atoms with E-state index >= 15 is 0 Å². The van der Waals surface area contributed by atoms with Gasteiger partial charge in [0.05, 0.1) is 5.56 Å². The Bertz CT molecular complexity index is 481. The van der Waals surface area contributed by atoms with Gasteiger partial charge in [-0.1, -0.05) is 33.8 Å². The molecule has 0 N–H and O–H groups in total. The summed E-state index contributed by atoms with van der Waals surface area (Å²) >= 11 is 0. The van der Waals surface area contributed by atoms with Gasteiger partial charge >= 0.3 is 0 Å². The highest BCUT2D eigenvalue weighted by Gasteiger charge is 2.30. The summed E-state index contributed by atoms with van der Waals surface area (Å²) in [6.45, 7) is 10.6. The van der Waals surface area contributed by atoms with Crippen molar-refractivity contribution in [3.63, 3.8) is 0 Å². The molecule has 2 heteroatoms. The maximum atomic E-state index is 12.2. The van der Waals surface area contributed by atoms with Crippen LogP contribution in [-0.2, 0) is 11.8 Å². The van der Waals surface area contributed by atoms with E-state index in [1.54, 1.807) is 0 Å². The number of carbonyl (C=O) groups is 1. The Morgan fingerprint density at radius 3 is 2.56 bits per heavy atom. The standard InChI is InChI=1S/C16H22O2/c1-6-11-8-12-14(17)7-10(2)18-15(12)13(9-11)16(3,4)5/h8-10H,6-7H2,1-5H3. The number of benzene rings is 1. The zero-order valence-corrected chi connectivity index (χ0v) is 12.0. The Hall–Kier alpha value is -1.31. The van der Waals surface area contributed by atoms with E-state index in [1.807, 2.05) is 13.0 Å². The first-order chi connectivity index (χ1) is 8.32. The molecule has 98 valence electrons. The molecular weight excluding hydrogens is 224 g/mol. The number of fused-ring (bicyclic) bond motifs is 1. The third-order valence-corrected chi connectivity index (χ3v) is 3.46. The second-order valence-corrected chi connectivity index (χ2v) is 6.18. The van der Waals surface area contributed by atoms with Crippen LogP contribution in [0.2, 0.25) is 0 Å². The lowest BCUT2D eigenvalue weighted by Gasteiger charge is -2.30. The molecule has 0 fully saturated rings. The van der Waals surface area contributed by atoms with Gasteiger partial charge in [0, 0.05) is 12.0 Å². The summed E-state index contributed by atoms with van der Waals surface area (Å²) in [7, 11) is 0. The van der Waals surface area contributed by atoms with Gasteiger partial charge in [-0.15, -0.1) is 0 Å². The van der Waals surface area contributed by atoms with Crippen molar-refractivity contribution in [1.29, 1.82) is 0 Å². The van der Waals surface area contributed by atoms with Crippen LogP contribution in [0.1, 0.15) is 62.5 Å². The van der Waals surface area contributed by atoms with Crippen molar-refractivity contribution in [2.75, 3.05) is 0 Å². The van der Waals surface area contributed by atoms with Crippen LogP contribution in [0.25, 0.3) is 0 Å². The second-order valence-electron chi connectivity index (χ2n) is 6.18. The molecule has 2 rings (SSSR count). The Kier molecular flexibility index (Phi) is 3.22. The highest BCUT2D eigenvalue weighted by atomic mass is 16.5. The molecule has 0 saturated heterocycles. The lowest BCUT2D eigenvalue weighted by molar-refractivity contribution is 0.0867. The van der Waals surface area contributed by atoms with Crippen molar-refractivity contribution in [1.82, 2.24) is 0 Å². The Morgan fingerprint density at radius 1 is 1.33 bits per heavy atom. The van der Waals surface area contributed by atoms with Gasteiger partial charge in [-0.05, 0) is 30.4 Å². The molecule has 0 amide bonds. The molecule has 0 bridgehead atoms. The van der Waals surface area contributed by atoms with Gasteiger partial charge in [0.1, 0.15) is 11.9 Å². The summed E-state index contributed by atoms with van der Waals surface area (Å²) in [6.07, 6.45) is 1.42. The largest absolute Gasteiger partial charge is 0.489 e. The first-order valence-electron chi connectivity index (χ1n) is 6.70. The molecule has 0 aromatic heterocycles. The molecular formula is C16H22O2. The molecule has 1 aliphatic heterocycles.